The Labute approximate surface area is 139 Å². The van der Waals surface area contributed by atoms with Crippen LogP contribution in [-0.2, 0) is 0 Å². The molecule has 0 bridgehead atoms. The summed E-state index contributed by atoms with van der Waals surface area (Å²) in [5.74, 6) is 0.0441. The first kappa shape index (κ1) is 17.3. The van der Waals surface area contributed by atoms with Gasteiger partial charge in [-0.2, -0.15) is 0 Å². The molecule has 0 unspecified atom stereocenters. The molecule has 1 amide bonds. The number of nitrogens with two attached hydrogens (primary N) is 1. The zero-order valence-electron chi connectivity index (χ0n) is 13.6. The highest BCUT2D eigenvalue weighted by Gasteiger charge is 2.19. The third kappa shape index (κ3) is 4.22. The number of benzene rings is 2. The molecular formula is C17H19N3O4. The molecule has 0 fully saturated rings. The molecular weight excluding hydrogens is 310 g/mol. The number of aryl methyl sites for hydroxylation is 1. The lowest BCUT2D eigenvalue weighted by Crippen LogP contribution is -2.24. The summed E-state index contributed by atoms with van der Waals surface area (Å²) in [6, 6.07) is 11.8. The zero-order valence-corrected chi connectivity index (χ0v) is 13.6. The van der Waals surface area contributed by atoms with Crippen molar-refractivity contribution >= 4 is 17.3 Å². The summed E-state index contributed by atoms with van der Waals surface area (Å²) < 4.78 is 5.63. The van der Waals surface area contributed by atoms with E-state index in [0.717, 1.165) is 11.3 Å². The molecule has 2 N–H and O–H groups in total. The molecule has 0 aliphatic carbocycles. The van der Waals surface area contributed by atoms with Crippen LogP contribution in [-0.4, -0.2) is 31.0 Å². The molecule has 7 heteroatoms. The SMILES string of the molecule is Cc1ccc(OCCN(C)c2ccc(C(N)=O)cc2[N+](=O)[O-])cc1. The molecule has 0 saturated carbocycles. The summed E-state index contributed by atoms with van der Waals surface area (Å²) in [6.45, 7) is 2.81. The van der Waals surface area contributed by atoms with Gasteiger partial charge in [-0.1, -0.05) is 17.7 Å². The third-order valence-electron chi connectivity index (χ3n) is 3.58. The standard InChI is InChI=1S/C17H19N3O4/c1-12-3-6-14(7-4-12)24-10-9-19(2)15-8-5-13(17(18)21)11-16(15)20(22)23/h3-8,11H,9-10H2,1-2H3,(H2,18,21). The number of nitro groups is 1. The predicted octanol–water partition coefficient (Wildman–Crippen LogP) is 2.52. The van der Waals surface area contributed by atoms with Gasteiger partial charge < -0.3 is 15.4 Å². The summed E-state index contributed by atoms with van der Waals surface area (Å²) in [5.41, 5.74) is 6.66. The fourth-order valence-electron chi connectivity index (χ4n) is 2.20. The van der Waals surface area contributed by atoms with Crippen molar-refractivity contribution in [3.05, 3.63) is 63.7 Å². The number of nitro benzene ring substituents is 1. The Kier molecular flexibility index (Phi) is 5.36. The monoisotopic (exact) mass is 329 g/mol. The fraction of sp³-hybridized carbons (Fsp3) is 0.235. The van der Waals surface area contributed by atoms with E-state index in [-0.39, 0.29) is 11.3 Å². The largest absolute Gasteiger partial charge is 0.492 e. The number of carbonyl (C=O) groups is 1. The Morgan fingerprint density at radius 1 is 1.25 bits per heavy atom. The fourth-order valence-corrected chi connectivity index (χ4v) is 2.20. The van der Waals surface area contributed by atoms with Crippen LogP contribution in [0.2, 0.25) is 0 Å². The van der Waals surface area contributed by atoms with Gasteiger partial charge in [0.05, 0.1) is 11.5 Å². The Bertz CT molecular complexity index is 744. The first-order chi connectivity index (χ1) is 11.4. The van der Waals surface area contributed by atoms with Gasteiger partial charge in [-0.15, -0.1) is 0 Å². The van der Waals surface area contributed by atoms with Crippen molar-refractivity contribution in [2.75, 3.05) is 25.1 Å². The maximum absolute atomic E-state index is 11.2. The van der Waals surface area contributed by atoms with Gasteiger partial charge in [0.15, 0.2) is 0 Å². The van der Waals surface area contributed by atoms with Crippen LogP contribution in [0, 0.1) is 17.0 Å². The van der Waals surface area contributed by atoms with Gasteiger partial charge >= 0.3 is 0 Å². The summed E-state index contributed by atoms with van der Waals surface area (Å²) >= 11 is 0. The van der Waals surface area contributed by atoms with E-state index >= 15 is 0 Å². The van der Waals surface area contributed by atoms with Crippen LogP contribution in [0.4, 0.5) is 11.4 Å². The topological polar surface area (TPSA) is 98.7 Å². The molecule has 0 spiro atoms. The van der Waals surface area contributed by atoms with Gasteiger partial charge in [-0.25, -0.2) is 0 Å². The van der Waals surface area contributed by atoms with Crippen LogP contribution >= 0.6 is 0 Å². The number of rotatable bonds is 7. The van der Waals surface area contributed by atoms with Crippen LogP contribution in [0.1, 0.15) is 15.9 Å². The Hall–Kier alpha value is -3.09. The van der Waals surface area contributed by atoms with E-state index in [1.807, 2.05) is 31.2 Å². The molecule has 0 radical (unpaired) electrons. The molecule has 0 aliphatic rings. The molecule has 24 heavy (non-hydrogen) atoms. The Morgan fingerprint density at radius 3 is 2.50 bits per heavy atom. The quantitative estimate of drug-likeness (QED) is 0.621. The van der Waals surface area contributed by atoms with E-state index < -0.39 is 10.8 Å². The van der Waals surface area contributed by atoms with Crippen molar-refractivity contribution in [1.29, 1.82) is 0 Å². The zero-order chi connectivity index (χ0) is 17.7. The molecule has 0 saturated heterocycles. The molecule has 0 heterocycles. The number of anilines is 1. The highest BCUT2D eigenvalue weighted by molar-refractivity contribution is 5.94. The smallest absolute Gasteiger partial charge is 0.293 e. The second kappa shape index (κ2) is 7.45. The van der Waals surface area contributed by atoms with Crippen LogP contribution in [0.25, 0.3) is 0 Å². The van der Waals surface area contributed by atoms with E-state index in [9.17, 15) is 14.9 Å². The molecule has 126 valence electrons. The van der Waals surface area contributed by atoms with Gasteiger partial charge in [-0.3, -0.25) is 14.9 Å². The second-order valence-corrected chi connectivity index (χ2v) is 5.41. The highest BCUT2D eigenvalue weighted by Crippen LogP contribution is 2.28. The van der Waals surface area contributed by atoms with Crippen molar-refractivity contribution in [3.8, 4) is 5.75 Å². The molecule has 0 atom stereocenters. The number of ether oxygens (including phenoxy) is 1. The van der Waals surface area contributed by atoms with Gasteiger partial charge in [0, 0.05) is 18.7 Å². The van der Waals surface area contributed by atoms with Crippen LogP contribution < -0.4 is 15.4 Å². The predicted molar refractivity (Wildman–Crippen MR) is 91.6 cm³/mol. The lowest BCUT2D eigenvalue weighted by Gasteiger charge is -2.19. The van der Waals surface area contributed by atoms with Gasteiger partial charge in [0.1, 0.15) is 18.0 Å². The molecule has 0 aromatic heterocycles. The third-order valence-corrected chi connectivity index (χ3v) is 3.58. The number of hydrogen-bond acceptors (Lipinski definition) is 5. The van der Waals surface area contributed by atoms with Crippen LogP contribution in [0.3, 0.4) is 0 Å². The summed E-state index contributed by atoms with van der Waals surface area (Å²) in [6.07, 6.45) is 0. The minimum atomic E-state index is -0.699. The van der Waals surface area contributed by atoms with E-state index in [1.54, 1.807) is 11.9 Å². The number of primary amides is 1. The number of likely N-dealkylation sites (N-methyl/N-ethyl adjacent to an activating group) is 1. The first-order valence-corrected chi connectivity index (χ1v) is 7.37. The minimum absolute atomic E-state index is 0.106. The Balaban J connectivity index is 2.05. The highest BCUT2D eigenvalue weighted by atomic mass is 16.6. The molecule has 2 aromatic carbocycles. The normalized spacial score (nSPS) is 10.2. The Morgan fingerprint density at radius 2 is 1.92 bits per heavy atom. The van der Waals surface area contributed by atoms with E-state index in [4.69, 9.17) is 10.5 Å². The molecule has 2 aromatic rings. The van der Waals surface area contributed by atoms with Crippen LogP contribution in [0.5, 0.6) is 5.75 Å². The molecule has 0 aliphatic heterocycles. The average Bonchev–Trinajstić information content (AvgIpc) is 2.55. The summed E-state index contributed by atoms with van der Waals surface area (Å²) in [4.78, 5) is 23.6. The van der Waals surface area contributed by atoms with E-state index in [1.165, 1.54) is 18.2 Å². The van der Waals surface area contributed by atoms with Gasteiger partial charge in [-0.05, 0) is 31.2 Å². The average molecular weight is 329 g/mol. The summed E-state index contributed by atoms with van der Waals surface area (Å²) in [5, 5.41) is 11.2. The van der Waals surface area contributed by atoms with Crippen molar-refractivity contribution < 1.29 is 14.5 Å². The molecule has 2 rings (SSSR count). The second-order valence-electron chi connectivity index (χ2n) is 5.41. The van der Waals surface area contributed by atoms with Crippen molar-refractivity contribution in [2.45, 2.75) is 6.92 Å². The number of carbonyl (C=O) groups excluding carboxylic acids is 1. The van der Waals surface area contributed by atoms with Crippen molar-refractivity contribution in [3.63, 3.8) is 0 Å². The van der Waals surface area contributed by atoms with Crippen molar-refractivity contribution in [1.82, 2.24) is 0 Å². The number of amides is 1. The summed E-state index contributed by atoms with van der Waals surface area (Å²) in [7, 11) is 1.73. The lowest BCUT2D eigenvalue weighted by atomic mass is 10.1. The number of hydrogen-bond donors (Lipinski definition) is 1. The lowest BCUT2D eigenvalue weighted by molar-refractivity contribution is -0.384. The van der Waals surface area contributed by atoms with E-state index in [2.05, 4.69) is 0 Å². The van der Waals surface area contributed by atoms with Crippen molar-refractivity contribution in [2.24, 2.45) is 5.73 Å². The van der Waals surface area contributed by atoms with Crippen LogP contribution in [0.15, 0.2) is 42.5 Å². The maximum Gasteiger partial charge on any atom is 0.293 e. The first-order valence-electron chi connectivity index (χ1n) is 7.37. The van der Waals surface area contributed by atoms with Gasteiger partial charge in [0.2, 0.25) is 5.91 Å². The van der Waals surface area contributed by atoms with Gasteiger partial charge in [0.25, 0.3) is 5.69 Å². The maximum atomic E-state index is 11.2. The molecule has 7 nitrogen and oxygen atoms in total. The minimum Gasteiger partial charge on any atom is -0.492 e. The number of nitrogens with zero attached hydrogens (tertiary/aromatic N) is 2. The van der Waals surface area contributed by atoms with E-state index in [0.29, 0.717) is 18.8 Å².